The monoisotopic (exact) mass is 512 g/mol. The smallest absolute Gasteiger partial charge is 0.226 e. The van der Waals surface area contributed by atoms with Crippen molar-refractivity contribution in [3.8, 4) is 0 Å². The largest absolute Gasteiger partial charge is 0.357 e. The molecular weight excluding hydrogens is 468 g/mol. The first-order chi connectivity index (χ1) is 17.4. The summed E-state index contributed by atoms with van der Waals surface area (Å²) in [6, 6.07) is 8.39. The van der Waals surface area contributed by atoms with Crippen molar-refractivity contribution < 1.29 is 9.59 Å². The Hall–Kier alpha value is -1.99. The number of fused-ring (bicyclic) bond motifs is 3. The highest BCUT2D eigenvalue weighted by Crippen LogP contribution is 2.52. The average Bonchev–Trinajstić information content (AvgIpc) is 3.62. The van der Waals surface area contributed by atoms with Crippen molar-refractivity contribution in [2.75, 3.05) is 52.7 Å². The van der Waals surface area contributed by atoms with E-state index < -0.39 is 0 Å². The molecule has 1 amide bonds. The van der Waals surface area contributed by atoms with E-state index in [-0.39, 0.29) is 17.7 Å². The molecule has 7 heteroatoms. The molecule has 6 nitrogen and oxygen atoms in total. The number of benzene rings is 1. The molecule has 1 aromatic carbocycles. The fourth-order valence-corrected chi connectivity index (χ4v) is 7.42. The van der Waals surface area contributed by atoms with Crippen molar-refractivity contribution in [1.29, 1.82) is 0 Å². The maximum atomic E-state index is 12.7. The number of nitrogens with zero attached hydrogens (tertiary/aromatic N) is 4. The van der Waals surface area contributed by atoms with E-state index in [1.807, 2.05) is 11.9 Å². The lowest BCUT2D eigenvalue weighted by Gasteiger charge is -2.33. The molecule has 0 radical (unpaired) electrons. The summed E-state index contributed by atoms with van der Waals surface area (Å²) in [4.78, 5) is 30.4. The zero-order valence-corrected chi connectivity index (χ0v) is 23.4. The fourth-order valence-electron chi connectivity index (χ4n) is 6.60. The summed E-state index contributed by atoms with van der Waals surface area (Å²) in [7, 11) is 8.23. The summed E-state index contributed by atoms with van der Waals surface area (Å²) in [5, 5.41) is 1.26. The van der Waals surface area contributed by atoms with Gasteiger partial charge in [-0.25, -0.2) is 0 Å². The van der Waals surface area contributed by atoms with E-state index in [9.17, 15) is 9.59 Å². The Morgan fingerprint density at radius 2 is 1.72 bits per heavy atom. The lowest BCUT2D eigenvalue weighted by molar-refractivity contribution is -0.140. The van der Waals surface area contributed by atoms with Crippen LogP contribution < -0.4 is 4.90 Å². The quantitative estimate of drug-likeness (QED) is 0.456. The number of carbonyl (C=O) groups excluding carboxylic acids is 2. The second kappa shape index (κ2) is 12.5. The number of rotatable bonds is 8. The van der Waals surface area contributed by atoms with Crippen molar-refractivity contribution in [1.82, 2.24) is 14.2 Å². The molecule has 2 unspecified atom stereocenters. The van der Waals surface area contributed by atoms with Gasteiger partial charge in [-0.3, -0.25) is 4.79 Å². The average molecular weight is 513 g/mol. The van der Waals surface area contributed by atoms with Crippen molar-refractivity contribution in [2.45, 2.75) is 51.4 Å². The van der Waals surface area contributed by atoms with E-state index in [0.29, 0.717) is 17.8 Å². The van der Waals surface area contributed by atoms with Gasteiger partial charge >= 0.3 is 0 Å². The Kier molecular flexibility index (Phi) is 9.40. The third-order valence-corrected chi connectivity index (χ3v) is 9.48. The van der Waals surface area contributed by atoms with Gasteiger partial charge in [-0.1, -0.05) is 31.4 Å². The van der Waals surface area contributed by atoms with E-state index in [4.69, 9.17) is 0 Å². The molecule has 0 aliphatic heterocycles. The van der Waals surface area contributed by atoms with Crippen LogP contribution in [-0.2, 0) is 9.59 Å². The van der Waals surface area contributed by atoms with Crippen LogP contribution in [0.1, 0.15) is 51.4 Å². The Balaban J connectivity index is 0.000000174. The Morgan fingerprint density at radius 1 is 1.00 bits per heavy atom. The summed E-state index contributed by atoms with van der Waals surface area (Å²) in [5.74, 6) is 3.02. The predicted octanol–water partition coefficient (Wildman–Crippen LogP) is 5.18. The van der Waals surface area contributed by atoms with Gasteiger partial charge in [0.1, 0.15) is 12.1 Å². The van der Waals surface area contributed by atoms with Crippen LogP contribution in [0.2, 0.25) is 0 Å². The van der Waals surface area contributed by atoms with Crippen LogP contribution in [0.5, 0.6) is 0 Å². The molecule has 198 valence electrons. The van der Waals surface area contributed by atoms with Gasteiger partial charge in [0, 0.05) is 45.0 Å². The fraction of sp³-hybridized carbons (Fsp3) is 0.690. The molecule has 3 fully saturated rings. The highest BCUT2D eigenvalue weighted by molar-refractivity contribution is 7.13. The maximum absolute atomic E-state index is 12.7. The molecular formula is C29H44N4O2S. The molecule has 36 heavy (non-hydrogen) atoms. The second-order valence-corrected chi connectivity index (χ2v) is 12.3. The van der Waals surface area contributed by atoms with Gasteiger partial charge in [0.05, 0.1) is 10.6 Å². The first-order valence-corrected chi connectivity index (χ1v) is 14.6. The number of aldehydes is 1. The molecule has 3 aliphatic rings. The van der Waals surface area contributed by atoms with E-state index in [2.05, 4.69) is 59.6 Å². The van der Waals surface area contributed by atoms with Gasteiger partial charge < -0.3 is 19.5 Å². The third kappa shape index (κ3) is 6.28. The van der Waals surface area contributed by atoms with Crippen LogP contribution in [0.15, 0.2) is 24.3 Å². The Bertz CT molecular complexity index is 1000. The molecule has 0 spiro atoms. The van der Waals surface area contributed by atoms with Gasteiger partial charge in [-0.05, 0) is 87.6 Å². The number of likely N-dealkylation sites (N-methyl/N-ethyl adjacent to an activating group) is 2. The van der Waals surface area contributed by atoms with Crippen molar-refractivity contribution in [3.63, 3.8) is 0 Å². The zero-order valence-electron chi connectivity index (χ0n) is 22.6. The molecule has 0 saturated heterocycles. The summed E-state index contributed by atoms with van der Waals surface area (Å²) in [5.41, 5.74) is 0. The van der Waals surface area contributed by atoms with Crippen LogP contribution in [0, 0.1) is 29.6 Å². The second-order valence-electron chi connectivity index (χ2n) is 11.5. The normalized spacial score (nSPS) is 25.6. The number of carbonyl (C=O) groups is 2. The first-order valence-electron chi connectivity index (χ1n) is 13.8. The van der Waals surface area contributed by atoms with Gasteiger partial charge in [0.2, 0.25) is 5.91 Å². The van der Waals surface area contributed by atoms with E-state index >= 15 is 0 Å². The van der Waals surface area contributed by atoms with Crippen LogP contribution >= 0.6 is 11.5 Å². The molecule has 2 bridgehead atoms. The Labute approximate surface area is 221 Å². The molecule has 3 aliphatic carbocycles. The predicted molar refractivity (Wildman–Crippen MR) is 150 cm³/mol. The van der Waals surface area contributed by atoms with Gasteiger partial charge in [0.25, 0.3) is 0 Å². The molecule has 2 aromatic rings. The minimum absolute atomic E-state index is 0.000148. The van der Waals surface area contributed by atoms with Gasteiger partial charge in [-0.2, -0.15) is 4.37 Å². The SMILES string of the molecule is CN(C)CCN(C)c1nsc2ccccc12.CN(CC1CCCCC1)C(=O)[C@@H]1C2CCC(C2)[C@@H]1C=O. The molecule has 1 heterocycles. The lowest BCUT2D eigenvalue weighted by atomic mass is 9.79. The third-order valence-electron chi connectivity index (χ3n) is 8.66. The standard InChI is InChI=1S/C17H27NO2.C12H17N3S/c1-18(10-12-5-3-2-4-6-12)17(20)16-14-8-7-13(9-14)15(16)11-19;1-14(2)8-9-15(3)12-10-6-4-5-7-11(10)16-13-12/h11-16H,2-10H2,1H3;4-7H,8-9H2,1-3H3/t13?,14?,15-,16+;/m0./s1. The van der Waals surface area contributed by atoms with Crippen LogP contribution in [0.3, 0.4) is 0 Å². The number of hydrogen-bond acceptors (Lipinski definition) is 6. The highest BCUT2D eigenvalue weighted by atomic mass is 32.1. The molecule has 5 rings (SSSR count). The summed E-state index contributed by atoms with van der Waals surface area (Å²) < 4.78 is 5.78. The van der Waals surface area contributed by atoms with Crippen LogP contribution in [0.25, 0.3) is 10.1 Å². The minimum atomic E-state index is -0.000148. The van der Waals surface area contributed by atoms with Crippen LogP contribution in [0.4, 0.5) is 5.82 Å². The maximum Gasteiger partial charge on any atom is 0.226 e. The zero-order chi connectivity index (χ0) is 25.7. The van der Waals surface area contributed by atoms with E-state index in [1.165, 1.54) is 42.2 Å². The summed E-state index contributed by atoms with van der Waals surface area (Å²) >= 11 is 1.57. The lowest BCUT2D eigenvalue weighted by Crippen LogP contribution is -2.42. The minimum Gasteiger partial charge on any atom is -0.357 e. The number of amides is 1. The van der Waals surface area contributed by atoms with Gasteiger partial charge in [-0.15, -0.1) is 0 Å². The highest BCUT2D eigenvalue weighted by Gasteiger charge is 2.51. The van der Waals surface area contributed by atoms with Crippen LogP contribution in [-0.4, -0.2) is 74.2 Å². The van der Waals surface area contributed by atoms with E-state index in [1.54, 1.807) is 11.5 Å². The number of anilines is 1. The van der Waals surface area contributed by atoms with E-state index in [0.717, 1.165) is 51.0 Å². The van der Waals surface area contributed by atoms with Crippen molar-refractivity contribution >= 4 is 39.6 Å². The number of aromatic nitrogens is 1. The topological polar surface area (TPSA) is 56.8 Å². The first kappa shape index (κ1) is 27.1. The molecule has 0 N–H and O–H groups in total. The number of hydrogen-bond donors (Lipinski definition) is 0. The van der Waals surface area contributed by atoms with Gasteiger partial charge in [0.15, 0.2) is 0 Å². The Morgan fingerprint density at radius 3 is 2.44 bits per heavy atom. The molecule has 4 atom stereocenters. The summed E-state index contributed by atoms with van der Waals surface area (Å²) in [6.07, 6.45) is 11.0. The molecule has 1 aromatic heterocycles. The van der Waals surface area contributed by atoms with Crippen molar-refractivity contribution in [3.05, 3.63) is 24.3 Å². The summed E-state index contributed by atoms with van der Waals surface area (Å²) in [6.45, 7) is 2.95. The van der Waals surface area contributed by atoms with Crippen molar-refractivity contribution in [2.24, 2.45) is 29.6 Å². The molecule has 3 saturated carbocycles.